The normalized spacial score (nSPS) is 13.7. The van der Waals surface area contributed by atoms with E-state index >= 15 is 0 Å². The summed E-state index contributed by atoms with van der Waals surface area (Å²) in [4.78, 5) is 28.3. The number of fused-ring (bicyclic) bond motifs is 1. The lowest BCUT2D eigenvalue weighted by molar-refractivity contribution is -0.133. The first kappa shape index (κ1) is 21.8. The Morgan fingerprint density at radius 1 is 1.09 bits per heavy atom. The highest BCUT2D eigenvalue weighted by Gasteiger charge is 2.30. The van der Waals surface area contributed by atoms with Crippen LogP contribution in [0.5, 0.6) is 11.5 Å². The van der Waals surface area contributed by atoms with Crippen molar-refractivity contribution >= 4 is 34.9 Å². The van der Waals surface area contributed by atoms with Gasteiger partial charge in [0.2, 0.25) is 5.78 Å². The first-order valence-corrected chi connectivity index (χ1v) is 11.5. The highest BCUT2D eigenvalue weighted by atomic mass is 32.1. The predicted molar refractivity (Wildman–Crippen MR) is 128 cm³/mol. The van der Waals surface area contributed by atoms with Gasteiger partial charge in [-0.15, -0.1) is 11.3 Å². The topological polar surface area (TPSA) is 55.8 Å². The fourth-order valence-corrected chi connectivity index (χ4v) is 4.40. The molecule has 0 saturated heterocycles. The van der Waals surface area contributed by atoms with Crippen LogP contribution < -0.4 is 14.4 Å². The fraction of sp³-hybridized carbons (Fsp3) is 0.231. The number of benzene rings is 2. The third kappa shape index (κ3) is 4.46. The van der Waals surface area contributed by atoms with Crippen LogP contribution in [0, 0.1) is 6.92 Å². The number of ketones is 1. The number of carbonyl (C=O) groups excluding carboxylic acids is 2. The minimum Gasteiger partial charge on any atom is -0.452 e. The molecule has 0 amide bonds. The Morgan fingerprint density at radius 3 is 2.50 bits per heavy atom. The monoisotopic (exact) mass is 447 g/mol. The Bertz CT molecular complexity index is 1160. The molecule has 2 aromatic carbocycles. The SMILES string of the molecule is CCN(CC)c1ccc(/C=C2\Oc3c(ccc(OC(=O)Cc4cccs4)c3C)C2=O)cc1. The van der Waals surface area contributed by atoms with Crippen molar-refractivity contribution in [1.29, 1.82) is 0 Å². The molecule has 2 heterocycles. The summed E-state index contributed by atoms with van der Waals surface area (Å²) < 4.78 is 11.5. The number of nitrogens with zero attached hydrogens (tertiary/aromatic N) is 1. The van der Waals surface area contributed by atoms with E-state index in [4.69, 9.17) is 9.47 Å². The van der Waals surface area contributed by atoms with Gasteiger partial charge in [0.1, 0.15) is 11.5 Å². The standard InChI is InChI=1S/C26H25NO4S/c1-4-27(5-2)19-10-8-18(9-11-19)15-23-25(29)21-12-13-22(17(3)26(21)31-23)30-24(28)16-20-7-6-14-32-20/h6-15H,4-5,16H2,1-3H3/b23-15-. The number of thiophene rings is 1. The molecular formula is C26H25NO4S. The lowest BCUT2D eigenvalue weighted by Gasteiger charge is -2.20. The van der Waals surface area contributed by atoms with Crippen molar-refractivity contribution in [1.82, 2.24) is 0 Å². The Hall–Kier alpha value is -3.38. The first-order chi connectivity index (χ1) is 15.5. The Balaban J connectivity index is 1.52. The Labute approximate surface area is 191 Å². The van der Waals surface area contributed by atoms with Gasteiger partial charge < -0.3 is 14.4 Å². The molecule has 1 aliphatic heterocycles. The molecule has 6 heteroatoms. The van der Waals surface area contributed by atoms with Gasteiger partial charge in [-0.25, -0.2) is 0 Å². The molecule has 0 spiro atoms. The average Bonchev–Trinajstić information content (AvgIpc) is 3.41. The summed E-state index contributed by atoms with van der Waals surface area (Å²) in [5, 5.41) is 1.92. The number of Topliss-reactive ketones (excluding diaryl/α,β-unsaturated/α-hetero) is 1. The van der Waals surface area contributed by atoms with Crippen molar-refractivity contribution in [2.75, 3.05) is 18.0 Å². The van der Waals surface area contributed by atoms with E-state index < -0.39 is 0 Å². The number of esters is 1. The molecule has 0 saturated carbocycles. The second-order valence-electron chi connectivity index (χ2n) is 7.50. The third-order valence-corrected chi connectivity index (χ3v) is 6.35. The molecule has 0 atom stereocenters. The Kier molecular flexibility index (Phi) is 6.42. The highest BCUT2D eigenvalue weighted by Crippen LogP contribution is 2.39. The van der Waals surface area contributed by atoms with Crippen LogP contribution in [0.15, 0.2) is 59.7 Å². The molecule has 32 heavy (non-hydrogen) atoms. The quantitative estimate of drug-likeness (QED) is 0.265. The van der Waals surface area contributed by atoms with E-state index in [2.05, 4.69) is 18.7 Å². The Morgan fingerprint density at radius 2 is 1.84 bits per heavy atom. The van der Waals surface area contributed by atoms with Crippen molar-refractivity contribution in [3.05, 3.63) is 81.2 Å². The van der Waals surface area contributed by atoms with E-state index in [0.717, 1.165) is 29.2 Å². The van der Waals surface area contributed by atoms with Crippen LogP contribution in [0.2, 0.25) is 0 Å². The summed E-state index contributed by atoms with van der Waals surface area (Å²) in [6, 6.07) is 15.2. The third-order valence-electron chi connectivity index (χ3n) is 5.48. The summed E-state index contributed by atoms with van der Waals surface area (Å²) in [7, 11) is 0. The maximum absolute atomic E-state index is 12.9. The molecule has 0 unspecified atom stereocenters. The molecule has 5 nitrogen and oxygen atoms in total. The van der Waals surface area contributed by atoms with E-state index in [9.17, 15) is 9.59 Å². The van der Waals surface area contributed by atoms with Crippen LogP contribution in [-0.2, 0) is 11.2 Å². The smallest absolute Gasteiger partial charge is 0.316 e. The van der Waals surface area contributed by atoms with Crippen molar-refractivity contribution < 1.29 is 19.1 Å². The molecule has 1 aliphatic rings. The van der Waals surface area contributed by atoms with Crippen LogP contribution in [0.1, 0.15) is 40.2 Å². The molecule has 0 fully saturated rings. The van der Waals surface area contributed by atoms with Crippen LogP contribution >= 0.6 is 11.3 Å². The summed E-state index contributed by atoms with van der Waals surface area (Å²) in [5.41, 5.74) is 3.14. The number of rotatable bonds is 7. The number of hydrogen-bond donors (Lipinski definition) is 0. The van der Waals surface area contributed by atoms with Gasteiger partial charge in [-0.1, -0.05) is 18.2 Å². The van der Waals surface area contributed by atoms with Crippen molar-refractivity contribution in [3.8, 4) is 11.5 Å². The van der Waals surface area contributed by atoms with Crippen LogP contribution in [0.25, 0.3) is 6.08 Å². The molecule has 0 aliphatic carbocycles. The van der Waals surface area contributed by atoms with E-state index in [0.29, 0.717) is 22.6 Å². The van der Waals surface area contributed by atoms with Gasteiger partial charge in [-0.05, 0) is 68.1 Å². The van der Waals surface area contributed by atoms with Crippen molar-refractivity contribution in [2.45, 2.75) is 27.2 Å². The summed E-state index contributed by atoms with van der Waals surface area (Å²) in [6.45, 7) is 7.91. The number of hydrogen-bond acceptors (Lipinski definition) is 6. The highest BCUT2D eigenvalue weighted by molar-refractivity contribution is 7.10. The second-order valence-corrected chi connectivity index (χ2v) is 8.53. The maximum atomic E-state index is 12.9. The lowest BCUT2D eigenvalue weighted by Crippen LogP contribution is -2.21. The molecule has 4 rings (SSSR count). The molecule has 0 N–H and O–H groups in total. The minimum atomic E-state index is -0.344. The van der Waals surface area contributed by atoms with E-state index in [-0.39, 0.29) is 23.9 Å². The lowest BCUT2D eigenvalue weighted by atomic mass is 10.1. The van der Waals surface area contributed by atoms with Gasteiger partial charge in [-0.2, -0.15) is 0 Å². The molecule has 0 bridgehead atoms. The predicted octanol–water partition coefficient (Wildman–Crippen LogP) is 5.67. The van der Waals surface area contributed by atoms with Gasteiger partial charge in [0.25, 0.3) is 0 Å². The zero-order valence-electron chi connectivity index (χ0n) is 18.4. The largest absolute Gasteiger partial charge is 0.452 e. The van der Waals surface area contributed by atoms with Gasteiger partial charge in [0, 0.05) is 29.2 Å². The van der Waals surface area contributed by atoms with Crippen LogP contribution in [-0.4, -0.2) is 24.8 Å². The van der Waals surface area contributed by atoms with Gasteiger partial charge in [0.15, 0.2) is 5.76 Å². The van der Waals surface area contributed by atoms with Gasteiger partial charge >= 0.3 is 5.97 Å². The number of anilines is 1. The fourth-order valence-electron chi connectivity index (χ4n) is 3.71. The van der Waals surface area contributed by atoms with E-state index in [1.165, 1.54) is 11.3 Å². The zero-order chi connectivity index (χ0) is 22.7. The molecule has 3 aromatic rings. The van der Waals surface area contributed by atoms with Gasteiger partial charge in [-0.3, -0.25) is 9.59 Å². The van der Waals surface area contributed by atoms with Crippen molar-refractivity contribution in [3.63, 3.8) is 0 Å². The number of ether oxygens (including phenoxy) is 2. The number of allylic oxidation sites excluding steroid dienone is 1. The van der Waals surface area contributed by atoms with Crippen molar-refractivity contribution in [2.24, 2.45) is 0 Å². The zero-order valence-corrected chi connectivity index (χ0v) is 19.2. The number of carbonyl (C=O) groups is 2. The second kappa shape index (κ2) is 9.40. The maximum Gasteiger partial charge on any atom is 0.316 e. The van der Waals surface area contributed by atoms with Gasteiger partial charge in [0.05, 0.1) is 12.0 Å². The first-order valence-electron chi connectivity index (χ1n) is 10.7. The summed E-state index contributed by atoms with van der Waals surface area (Å²) in [5.74, 6) is 0.599. The van der Waals surface area contributed by atoms with E-state index in [1.54, 1.807) is 25.1 Å². The molecule has 0 radical (unpaired) electrons. The summed E-state index contributed by atoms with van der Waals surface area (Å²) >= 11 is 1.51. The summed E-state index contributed by atoms with van der Waals surface area (Å²) in [6.07, 6.45) is 1.96. The van der Waals surface area contributed by atoms with E-state index in [1.807, 2.05) is 41.8 Å². The molecular weight excluding hydrogens is 422 g/mol. The minimum absolute atomic E-state index is 0.174. The van der Waals surface area contributed by atoms with Crippen LogP contribution in [0.4, 0.5) is 5.69 Å². The van der Waals surface area contributed by atoms with Crippen LogP contribution in [0.3, 0.4) is 0 Å². The molecule has 164 valence electrons. The average molecular weight is 448 g/mol. The molecule has 1 aromatic heterocycles.